The fourth-order valence-corrected chi connectivity index (χ4v) is 4.28. The molecule has 0 radical (unpaired) electrons. The molecule has 0 saturated heterocycles. The predicted molar refractivity (Wildman–Crippen MR) is 124 cm³/mol. The van der Waals surface area contributed by atoms with Gasteiger partial charge in [0.1, 0.15) is 45.2 Å². The van der Waals surface area contributed by atoms with Gasteiger partial charge in [-0.15, -0.1) is 0 Å². The first-order chi connectivity index (χ1) is 18.3. The zero-order valence-electron chi connectivity index (χ0n) is 18.5. The number of rotatable bonds is 2. The van der Waals surface area contributed by atoms with Gasteiger partial charge in [0.2, 0.25) is 23.2 Å². The van der Waals surface area contributed by atoms with Crippen LogP contribution in [0.5, 0.6) is 0 Å². The summed E-state index contributed by atoms with van der Waals surface area (Å²) in [5, 5.41) is 0.270. The Bertz CT molecular complexity index is 2090. The molecule has 4 aromatic heterocycles. The lowest BCUT2D eigenvalue weighted by atomic mass is 10.1. The molecule has 12 heteroatoms. The van der Waals surface area contributed by atoms with Crippen LogP contribution in [0.1, 0.15) is 0 Å². The Balaban J connectivity index is 1.44. The van der Waals surface area contributed by atoms with Crippen LogP contribution in [0.25, 0.3) is 67.0 Å². The summed E-state index contributed by atoms with van der Waals surface area (Å²) >= 11 is 0. The Morgan fingerprint density at radius 3 is 1.37 bits per heavy atom. The third-order valence-electron chi connectivity index (χ3n) is 5.98. The van der Waals surface area contributed by atoms with E-state index in [0.717, 1.165) is 24.3 Å². The molecule has 0 unspecified atom stereocenters. The summed E-state index contributed by atoms with van der Waals surface area (Å²) in [6.07, 6.45) is 0. The van der Waals surface area contributed by atoms with E-state index in [9.17, 15) is 27.2 Å². The van der Waals surface area contributed by atoms with E-state index in [0.29, 0.717) is 12.1 Å². The van der Waals surface area contributed by atoms with Gasteiger partial charge in [0, 0.05) is 22.9 Å². The molecule has 0 saturated carbocycles. The second kappa shape index (κ2) is 7.62. The van der Waals surface area contributed by atoms with Gasteiger partial charge in [-0.2, -0.15) is 9.97 Å². The number of benzene rings is 3. The summed E-state index contributed by atoms with van der Waals surface area (Å²) in [6.45, 7) is 0. The van der Waals surface area contributed by atoms with Gasteiger partial charge in [-0.3, -0.25) is 0 Å². The number of nitrogens with zero attached hydrogens (tertiary/aromatic N) is 2. The number of aromatic nitrogens is 2. The summed E-state index contributed by atoms with van der Waals surface area (Å²) in [7, 11) is 0. The molecule has 186 valence electrons. The van der Waals surface area contributed by atoms with Gasteiger partial charge in [0.25, 0.3) is 0 Å². The molecule has 0 fully saturated rings. The number of halogens is 4. The molecule has 3 aromatic carbocycles. The number of fused-ring (bicyclic) bond motifs is 6. The maximum absolute atomic E-state index is 14.2. The molecule has 0 aliphatic rings. The molecule has 8 nitrogen and oxygen atoms in total. The van der Waals surface area contributed by atoms with E-state index >= 15 is 0 Å². The van der Waals surface area contributed by atoms with E-state index < -0.39 is 46.3 Å². The van der Waals surface area contributed by atoms with Crippen LogP contribution in [0.3, 0.4) is 0 Å². The van der Waals surface area contributed by atoms with Crippen molar-refractivity contribution in [1.82, 2.24) is 9.97 Å². The molecule has 0 aliphatic heterocycles. The third-order valence-corrected chi connectivity index (χ3v) is 5.98. The molecule has 7 rings (SSSR count). The topological polar surface area (TPSA) is 112 Å². The second-order valence-corrected chi connectivity index (χ2v) is 8.27. The largest absolute Gasteiger partial charge is 0.437 e. The van der Waals surface area contributed by atoms with Crippen molar-refractivity contribution < 1.29 is 35.2 Å². The lowest BCUT2D eigenvalue weighted by molar-refractivity contribution is 0.503. The van der Waals surface area contributed by atoms with Crippen molar-refractivity contribution >= 4 is 44.1 Å². The minimum absolute atomic E-state index is 0.0808. The normalized spacial score (nSPS) is 11.9. The Morgan fingerprint density at radius 1 is 0.553 bits per heavy atom. The van der Waals surface area contributed by atoms with Crippen molar-refractivity contribution in [2.45, 2.75) is 0 Å². The Kier molecular flexibility index (Phi) is 4.41. The van der Waals surface area contributed by atoms with Crippen LogP contribution in [0, 0.1) is 23.3 Å². The van der Waals surface area contributed by atoms with Crippen molar-refractivity contribution in [3.05, 3.63) is 92.6 Å². The zero-order valence-corrected chi connectivity index (χ0v) is 18.5. The average molecular weight is 520 g/mol. The van der Waals surface area contributed by atoms with Gasteiger partial charge in [0.05, 0.1) is 11.1 Å². The monoisotopic (exact) mass is 520 g/mol. The summed E-state index contributed by atoms with van der Waals surface area (Å²) in [6, 6.07) is 8.14. The Hall–Kier alpha value is -5.26. The van der Waals surface area contributed by atoms with Crippen molar-refractivity contribution in [1.29, 1.82) is 0 Å². The molecule has 0 amide bonds. The second-order valence-electron chi connectivity index (χ2n) is 8.27. The van der Waals surface area contributed by atoms with Gasteiger partial charge in [0.15, 0.2) is 0 Å². The highest BCUT2D eigenvalue weighted by Gasteiger charge is 2.23. The van der Waals surface area contributed by atoms with Crippen molar-refractivity contribution in [3.63, 3.8) is 0 Å². The molecular formula is C26H8F4N2O6. The summed E-state index contributed by atoms with van der Waals surface area (Å²) in [4.78, 5) is 33.8. The Labute approximate surface area is 205 Å². The first-order valence-electron chi connectivity index (χ1n) is 10.8. The minimum atomic E-state index is -0.987. The number of furan rings is 2. The van der Waals surface area contributed by atoms with E-state index in [1.54, 1.807) is 0 Å². The van der Waals surface area contributed by atoms with Gasteiger partial charge in [-0.1, -0.05) is 0 Å². The third kappa shape index (κ3) is 3.16. The molecule has 0 aliphatic carbocycles. The van der Waals surface area contributed by atoms with Crippen LogP contribution < -0.4 is 11.3 Å². The molecule has 0 N–H and O–H groups in total. The molecule has 7 aromatic rings. The van der Waals surface area contributed by atoms with E-state index in [1.807, 2.05) is 0 Å². The molecule has 0 atom stereocenters. The smallest absolute Gasteiger partial charge is 0.351 e. The standard InChI is InChI=1S/C26H8F4N2O6/c27-9-1-3-11(15(29)5-9)21-31-23-19(25(33)37-21)13-7-18-14(8-17(13)35-23)20-24(36-18)32-22(38-26(20)34)12-4-2-10(28)6-16(12)30/h1-8H. The fourth-order valence-electron chi connectivity index (χ4n) is 4.28. The fraction of sp³-hybridized carbons (Fsp3) is 0. The Morgan fingerprint density at radius 2 is 0.974 bits per heavy atom. The lowest BCUT2D eigenvalue weighted by Gasteiger charge is -2.00. The van der Waals surface area contributed by atoms with Crippen LogP contribution in [0.4, 0.5) is 17.6 Å². The first-order valence-corrected chi connectivity index (χ1v) is 10.8. The lowest BCUT2D eigenvalue weighted by Crippen LogP contribution is -2.02. The van der Waals surface area contributed by atoms with Crippen molar-refractivity contribution in [2.75, 3.05) is 0 Å². The van der Waals surface area contributed by atoms with Crippen LogP contribution in [0.15, 0.2) is 75.8 Å². The summed E-state index contributed by atoms with van der Waals surface area (Å²) in [5.74, 6) is -4.44. The van der Waals surface area contributed by atoms with Gasteiger partial charge in [-0.05, 0) is 36.4 Å². The average Bonchev–Trinajstić information content (AvgIpc) is 3.39. The molecule has 38 heavy (non-hydrogen) atoms. The molecule has 4 heterocycles. The SMILES string of the molecule is O=c1oc(-c2ccc(F)cc2F)nc2oc3cc4c(cc3c12)oc1nc(-c2ccc(F)cc2F)oc(=O)c14. The summed E-state index contributed by atoms with van der Waals surface area (Å²) < 4.78 is 76.7. The van der Waals surface area contributed by atoms with E-state index in [1.165, 1.54) is 12.1 Å². The van der Waals surface area contributed by atoms with E-state index in [2.05, 4.69) is 9.97 Å². The maximum Gasteiger partial charge on any atom is 0.351 e. The highest BCUT2D eigenvalue weighted by atomic mass is 19.1. The van der Waals surface area contributed by atoms with E-state index in [4.69, 9.17) is 17.7 Å². The molecule has 0 bridgehead atoms. The van der Waals surface area contributed by atoms with Gasteiger partial charge >= 0.3 is 11.3 Å². The van der Waals surface area contributed by atoms with Crippen molar-refractivity contribution in [2.24, 2.45) is 0 Å². The van der Waals surface area contributed by atoms with Crippen LogP contribution in [-0.2, 0) is 0 Å². The first kappa shape index (κ1) is 22.0. The number of hydrogen-bond donors (Lipinski definition) is 0. The minimum Gasteiger partial charge on any atom is -0.437 e. The predicted octanol–water partition coefficient (Wildman–Crippen LogP) is 6.07. The zero-order chi connectivity index (χ0) is 26.3. The van der Waals surface area contributed by atoms with Crippen LogP contribution >= 0.6 is 0 Å². The quantitative estimate of drug-likeness (QED) is 0.253. The summed E-state index contributed by atoms with van der Waals surface area (Å²) in [5.41, 5.74) is -2.47. The van der Waals surface area contributed by atoms with Gasteiger partial charge < -0.3 is 17.7 Å². The maximum atomic E-state index is 14.2. The van der Waals surface area contributed by atoms with Gasteiger partial charge in [-0.25, -0.2) is 27.2 Å². The number of hydrogen-bond acceptors (Lipinski definition) is 8. The highest BCUT2D eigenvalue weighted by Crippen LogP contribution is 2.35. The van der Waals surface area contributed by atoms with E-state index in [-0.39, 0.29) is 55.3 Å². The molecular weight excluding hydrogens is 512 g/mol. The van der Waals surface area contributed by atoms with Crippen molar-refractivity contribution in [3.8, 4) is 22.9 Å². The van der Waals surface area contributed by atoms with Crippen LogP contribution in [-0.4, -0.2) is 9.97 Å². The molecule has 0 spiro atoms. The highest BCUT2D eigenvalue weighted by molar-refractivity contribution is 6.13. The van der Waals surface area contributed by atoms with Crippen LogP contribution in [0.2, 0.25) is 0 Å².